The molecule has 2 aromatic rings. The number of nitrogens with zero attached hydrogens (tertiary/aromatic N) is 2. The molecule has 0 amide bonds. The summed E-state index contributed by atoms with van der Waals surface area (Å²) in [6.45, 7) is 3.16. The molecule has 33 heavy (non-hydrogen) atoms. The van der Waals surface area contributed by atoms with Gasteiger partial charge in [-0.05, 0) is 37.8 Å². The first-order valence-corrected chi connectivity index (χ1v) is 14.0. The van der Waals surface area contributed by atoms with E-state index in [1.54, 1.807) is 0 Å². The number of hydrogen-bond donors (Lipinski definition) is 2. The Labute approximate surface area is 204 Å². The van der Waals surface area contributed by atoms with E-state index in [4.69, 9.17) is 5.73 Å². The first-order valence-electron chi connectivity index (χ1n) is 14.0. The van der Waals surface area contributed by atoms with Crippen LogP contribution in [0.3, 0.4) is 0 Å². The van der Waals surface area contributed by atoms with Crippen LogP contribution in [-0.4, -0.2) is 22.0 Å². The lowest BCUT2D eigenvalue weighted by molar-refractivity contribution is 0.530. The van der Waals surface area contributed by atoms with Crippen LogP contribution in [0.1, 0.15) is 127 Å². The zero-order valence-electron chi connectivity index (χ0n) is 21.6. The first kappa shape index (κ1) is 29.4. The molecule has 0 bridgehead atoms. The molecule has 0 unspecified atom stereocenters. The lowest BCUT2D eigenvalue weighted by Gasteiger charge is -2.03. The highest BCUT2D eigenvalue weighted by Crippen LogP contribution is 2.13. The second kappa shape index (κ2) is 23.5. The average molecular weight is 457 g/mol. The quantitative estimate of drug-likeness (QED) is 0.197. The number of H-pyrrole nitrogens is 1. The molecule has 0 saturated heterocycles. The standard InChI is InChI=1S/C18H39N.C11H13N3/c1-2-3-4-5-6-7-8-9-10-11-12-13-14-15-16-17-18-19;1-2-5-10(6-3-1)7-4-8-11-9-12-14-13-11/h2-19H2,1H3;1-3,5-6,9H,4,7-8H2,(H,12,13,14). The van der Waals surface area contributed by atoms with E-state index < -0.39 is 0 Å². The lowest BCUT2D eigenvalue weighted by Crippen LogP contribution is -1.97. The highest BCUT2D eigenvalue weighted by Gasteiger charge is 1.97. The van der Waals surface area contributed by atoms with Crippen molar-refractivity contribution < 1.29 is 0 Å². The second-order valence-electron chi connectivity index (χ2n) is 9.40. The summed E-state index contributed by atoms with van der Waals surface area (Å²) in [6.07, 6.45) is 27.9. The number of unbranched alkanes of at least 4 members (excludes halogenated alkanes) is 15. The molecule has 0 saturated carbocycles. The van der Waals surface area contributed by atoms with Crippen molar-refractivity contribution in [1.29, 1.82) is 0 Å². The molecule has 3 N–H and O–H groups in total. The van der Waals surface area contributed by atoms with Gasteiger partial charge in [-0.15, -0.1) is 5.10 Å². The Hall–Kier alpha value is -1.68. The van der Waals surface area contributed by atoms with Crippen LogP contribution in [0.25, 0.3) is 0 Å². The van der Waals surface area contributed by atoms with Crippen molar-refractivity contribution >= 4 is 0 Å². The zero-order chi connectivity index (χ0) is 23.7. The van der Waals surface area contributed by atoms with Crippen LogP contribution in [-0.2, 0) is 12.8 Å². The Bertz CT molecular complexity index is 581. The van der Waals surface area contributed by atoms with E-state index in [1.165, 1.54) is 108 Å². The normalized spacial score (nSPS) is 10.7. The van der Waals surface area contributed by atoms with E-state index >= 15 is 0 Å². The molecule has 2 rings (SSSR count). The van der Waals surface area contributed by atoms with Crippen molar-refractivity contribution in [2.24, 2.45) is 5.73 Å². The van der Waals surface area contributed by atoms with E-state index in [0.29, 0.717) is 0 Å². The molecule has 1 aromatic carbocycles. The van der Waals surface area contributed by atoms with Gasteiger partial charge in [-0.1, -0.05) is 139 Å². The molecular weight excluding hydrogens is 404 g/mol. The summed E-state index contributed by atoms with van der Waals surface area (Å²) in [5.41, 5.74) is 7.91. The molecule has 1 heterocycles. The van der Waals surface area contributed by atoms with E-state index in [9.17, 15) is 0 Å². The lowest BCUT2D eigenvalue weighted by atomic mass is 10.0. The summed E-state index contributed by atoms with van der Waals surface area (Å²) < 4.78 is 0. The van der Waals surface area contributed by atoms with Crippen LogP contribution >= 0.6 is 0 Å². The number of benzene rings is 1. The smallest absolute Gasteiger partial charge is 0.0824 e. The topological polar surface area (TPSA) is 67.6 Å². The van der Waals surface area contributed by atoms with Gasteiger partial charge in [0.1, 0.15) is 0 Å². The zero-order valence-corrected chi connectivity index (χ0v) is 21.6. The van der Waals surface area contributed by atoms with Gasteiger partial charge in [0.05, 0.1) is 5.69 Å². The Kier molecular flexibility index (Phi) is 20.9. The van der Waals surface area contributed by atoms with Gasteiger partial charge >= 0.3 is 0 Å². The molecule has 188 valence electrons. The van der Waals surface area contributed by atoms with Gasteiger partial charge in [-0.25, -0.2) is 0 Å². The highest BCUT2D eigenvalue weighted by molar-refractivity contribution is 5.14. The van der Waals surface area contributed by atoms with E-state index in [0.717, 1.165) is 31.5 Å². The summed E-state index contributed by atoms with van der Waals surface area (Å²) in [4.78, 5) is 0. The van der Waals surface area contributed by atoms with Gasteiger partial charge in [0.25, 0.3) is 0 Å². The number of aromatic nitrogens is 3. The highest BCUT2D eigenvalue weighted by atomic mass is 15.3. The molecule has 0 aliphatic heterocycles. The van der Waals surface area contributed by atoms with Crippen LogP contribution in [0.5, 0.6) is 0 Å². The van der Waals surface area contributed by atoms with Crippen molar-refractivity contribution in [3.8, 4) is 0 Å². The van der Waals surface area contributed by atoms with Gasteiger partial charge in [-0.3, -0.25) is 5.10 Å². The van der Waals surface area contributed by atoms with E-state index in [1.807, 2.05) is 12.3 Å². The first-order chi connectivity index (χ1) is 16.4. The third-order valence-electron chi connectivity index (χ3n) is 6.27. The maximum atomic E-state index is 5.48. The van der Waals surface area contributed by atoms with Gasteiger partial charge in [0, 0.05) is 6.20 Å². The molecule has 0 spiro atoms. The number of nitrogens with one attached hydrogen (secondary N) is 1. The van der Waals surface area contributed by atoms with Gasteiger partial charge in [-0.2, -0.15) is 0 Å². The van der Waals surface area contributed by atoms with Crippen LogP contribution in [0.4, 0.5) is 0 Å². The molecule has 0 radical (unpaired) electrons. The predicted molar refractivity (Wildman–Crippen MR) is 143 cm³/mol. The third kappa shape index (κ3) is 19.5. The minimum absolute atomic E-state index is 0.873. The molecule has 0 atom stereocenters. The SMILES string of the molecule is CCCCCCCCCCCCCCCCCCN.c1ccc(CCCc2c[nH]nn2)cc1. The minimum atomic E-state index is 0.873. The molecular formula is C29H52N4. The van der Waals surface area contributed by atoms with Crippen LogP contribution in [0.2, 0.25) is 0 Å². The van der Waals surface area contributed by atoms with Crippen molar-refractivity contribution in [3.05, 3.63) is 47.8 Å². The third-order valence-corrected chi connectivity index (χ3v) is 6.27. The van der Waals surface area contributed by atoms with Gasteiger partial charge in [0.2, 0.25) is 0 Å². The average Bonchev–Trinajstić information content (AvgIpc) is 3.36. The van der Waals surface area contributed by atoms with Crippen molar-refractivity contribution in [2.75, 3.05) is 6.54 Å². The van der Waals surface area contributed by atoms with Gasteiger partial charge in [0.15, 0.2) is 0 Å². The Balaban J connectivity index is 0.000000342. The fourth-order valence-corrected chi connectivity index (χ4v) is 4.16. The van der Waals surface area contributed by atoms with Crippen LogP contribution in [0.15, 0.2) is 36.5 Å². The maximum Gasteiger partial charge on any atom is 0.0824 e. The number of aryl methyl sites for hydroxylation is 2. The Morgan fingerprint density at radius 3 is 1.61 bits per heavy atom. The monoisotopic (exact) mass is 456 g/mol. The minimum Gasteiger partial charge on any atom is -0.330 e. The van der Waals surface area contributed by atoms with Crippen LogP contribution < -0.4 is 5.73 Å². The summed E-state index contributed by atoms with van der Waals surface area (Å²) in [5, 5.41) is 10.3. The Morgan fingerprint density at radius 2 is 1.15 bits per heavy atom. The fraction of sp³-hybridized carbons (Fsp3) is 0.724. The molecule has 1 aromatic heterocycles. The van der Waals surface area contributed by atoms with E-state index in [-0.39, 0.29) is 0 Å². The van der Waals surface area contributed by atoms with Crippen molar-refractivity contribution in [1.82, 2.24) is 15.4 Å². The van der Waals surface area contributed by atoms with E-state index in [2.05, 4.69) is 46.6 Å². The number of rotatable bonds is 20. The summed E-state index contributed by atoms with van der Waals surface area (Å²) >= 11 is 0. The van der Waals surface area contributed by atoms with Crippen molar-refractivity contribution in [2.45, 2.75) is 129 Å². The Morgan fingerprint density at radius 1 is 0.636 bits per heavy atom. The van der Waals surface area contributed by atoms with Crippen LogP contribution in [0, 0.1) is 0 Å². The largest absolute Gasteiger partial charge is 0.330 e. The molecule has 0 fully saturated rings. The predicted octanol–water partition coefficient (Wildman–Crippen LogP) is 8.19. The van der Waals surface area contributed by atoms with Gasteiger partial charge < -0.3 is 5.73 Å². The molecule has 4 nitrogen and oxygen atoms in total. The molecule has 0 aliphatic rings. The number of aromatic amines is 1. The summed E-state index contributed by atoms with van der Waals surface area (Å²) in [6, 6.07) is 10.5. The fourth-order valence-electron chi connectivity index (χ4n) is 4.16. The second-order valence-corrected chi connectivity index (χ2v) is 9.40. The number of nitrogens with two attached hydrogens (primary N) is 1. The summed E-state index contributed by atoms with van der Waals surface area (Å²) in [7, 11) is 0. The van der Waals surface area contributed by atoms with Crippen molar-refractivity contribution in [3.63, 3.8) is 0 Å². The maximum absolute atomic E-state index is 5.48. The summed E-state index contributed by atoms with van der Waals surface area (Å²) in [5.74, 6) is 0. The molecule has 0 aliphatic carbocycles. The number of hydrogen-bond acceptors (Lipinski definition) is 3. The molecule has 4 heteroatoms.